The van der Waals surface area contributed by atoms with Gasteiger partial charge in [0.15, 0.2) is 0 Å². The second-order valence-electron chi connectivity index (χ2n) is 2.30. The minimum Gasteiger partial charge on any atom is -0.354 e. The van der Waals surface area contributed by atoms with Crippen molar-refractivity contribution in [1.29, 1.82) is 0 Å². The largest absolute Gasteiger partial charge is 0.354 e. The normalized spacial score (nSPS) is 11.2. The Morgan fingerprint density at radius 3 is 2.54 bits per heavy atom. The van der Waals surface area contributed by atoms with Crippen LogP contribution < -0.4 is 10.0 Å². The van der Waals surface area contributed by atoms with E-state index in [4.69, 9.17) is 11.6 Å². The number of carbonyl (C=O) groups is 1. The van der Waals surface area contributed by atoms with Crippen LogP contribution in [0.3, 0.4) is 0 Å². The molecule has 0 aromatic rings. The Balaban J connectivity index is 3.70. The zero-order chi connectivity index (χ0) is 10.3. The molecule has 0 spiro atoms. The van der Waals surface area contributed by atoms with Crippen molar-refractivity contribution in [3.8, 4) is 0 Å². The van der Waals surface area contributed by atoms with Crippen molar-refractivity contribution in [2.45, 2.75) is 6.92 Å². The number of sulfonamides is 1. The monoisotopic (exact) mass is 228 g/mol. The molecular formula is C6H13ClN2O3S. The molecule has 0 radical (unpaired) electrons. The smallest absolute Gasteiger partial charge is 0.234 e. The van der Waals surface area contributed by atoms with Gasteiger partial charge >= 0.3 is 0 Å². The van der Waals surface area contributed by atoms with Gasteiger partial charge in [-0.1, -0.05) is 6.92 Å². The number of hydrogen-bond acceptors (Lipinski definition) is 3. The summed E-state index contributed by atoms with van der Waals surface area (Å²) in [5, 5.41) is 2.36. The van der Waals surface area contributed by atoms with Gasteiger partial charge in [0.1, 0.15) is 5.88 Å². The Morgan fingerprint density at radius 1 is 1.46 bits per heavy atom. The molecule has 0 aromatic carbocycles. The number of nitrogens with one attached hydrogen (secondary N) is 2. The van der Waals surface area contributed by atoms with Crippen molar-refractivity contribution in [3.05, 3.63) is 0 Å². The van der Waals surface area contributed by atoms with Crippen LogP contribution in [0.4, 0.5) is 0 Å². The van der Waals surface area contributed by atoms with Crippen LogP contribution in [0.15, 0.2) is 0 Å². The Kier molecular flexibility index (Phi) is 6.02. The van der Waals surface area contributed by atoms with Gasteiger partial charge in [0.05, 0.1) is 5.75 Å². The molecule has 1 amide bonds. The zero-order valence-corrected chi connectivity index (χ0v) is 8.91. The average Bonchev–Trinajstić information content (AvgIpc) is 2.03. The molecule has 0 aromatic heterocycles. The Hall–Kier alpha value is -0.330. The maximum absolute atomic E-state index is 11.0. The summed E-state index contributed by atoms with van der Waals surface area (Å²) in [6, 6.07) is 0. The summed E-state index contributed by atoms with van der Waals surface area (Å²) >= 11 is 5.19. The Bertz CT molecular complexity index is 253. The van der Waals surface area contributed by atoms with Crippen LogP contribution in [-0.4, -0.2) is 39.0 Å². The minimum atomic E-state index is -3.24. The highest BCUT2D eigenvalue weighted by atomic mass is 35.5. The number of alkyl halides is 1. The first-order chi connectivity index (χ1) is 6.02. The third-order valence-electron chi connectivity index (χ3n) is 1.18. The maximum atomic E-state index is 11.0. The number of halogens is 1. The first kappa shape index (κ1) is 12.7. The van der Waals surface area contributed by atoms with E-state index >= 15 is 0 Å². The zero-order valence-electron chi connectivity index (χ0n) is 7.34. The van der Waals surface area contributed by atoms with Crippen molar-refractivity contribution in [2.75, 3.05) is 24.7 Å². The van der Waals surface area contributed by atoms with Crippen molar-refractivity contribution < 1.29 is 13.2 Å². The lowest BCUT2D eigenvalue weighted by Gasteiger charge is -2.04. The molecule has 2 N–H and O–H groups in total. The van der Waals surface area contributed by atoms with Crippen molar-refractivity contribution in [3.63, 3.8) is 0 Å². The standard InChI is InChI=1S/C6H13ClN2O3S/c1-2-9-13(11,12)4-3-8-6(10)5-7/h9H,2-5H2,1H3,(H,8,10). The predicted molar refractivity (Wildman–Crippen MR) is 51.2 cm³/mol. The fraction of sp³-hybridized carbons (Fsp3) is 0.833. The molecule has 0 saturated carbocycles. The van der Waals surface area contributed by atoms with Gasteiger partial charge in [-0.25, -0.2) is 13.1 Å². The van der Waals surface area contributed by atoms with Gasteiger partial charge in [0.25, 0.3) is 0 Å². The first-order valence-electron chi connectivity index (χ1n) is 3.82. The van der Waals surface area contributed by atoms with Gasteiger partial charge in [-0.2, -0.15) is 0 Å². The number of carbonyl (C=O) groups excluding carboxylic acids is 1. The van der Waals surface area contributed by atoms with Crippen LogP contribution >= 0.6 is 11.6 Å². The Labute approximate surface area is 82.9 Å². The molecule has 0 aliphatic heterocycles. The molecule has 0 aliphatic carbocycles. The molecule has 0 unspecified atom stereocenters. The van der Waals surface area contributed by atoms with Crippen LogP contribution in [0.2, 0.25) is 0 Å². The summed E-state index contributed by atoms with van der Waals surface area (Å²) in [5.41, 5.74) is 0. The summed E-state index contributed by atoms with van der Waals surface area (Å²) in [7, 11) is -3.24. The van der Waals surface area contributed by atoms with Gasteiger partial charge in [-0.05, 0) is 0 Å². The summed E-state index contributed by atoms with van der Waals surface area (Å²) in [6.45, 7) is 2.13. The quantitative estimate of drug-likeness (QED) is 0.590. The highest BCUT2D eigenvalue weighted by Crippen LogP contribution is 1.82. The maximum Gasteiger partial charge on any atom is 0.234 e. The summed E-state index contributed by atoms with van der Waals surface area (Å²) < 4.78 is 24.3. The highest BCUT2D eigenvalue weighted by Gasteiger charge is 2.08. The number of hydrogen-bond donors (Lipinski definition) is 2. The van der Waals surface area contributed by atoms with E-state index in [1.54, 1.807) is 6.92 Å². The molecule has 0 aliphatic rings. The lowest BCUT2D eigenvalue weighted by Crippen LogP contribution is -2.34. The van der Waals surface area contributed by atoms with Crippen molar-refractivity contribution in [2.24, 2.45) is 0 Å². The molecular weight excluding hydrogens is 216 g/mol. The van der Waals surface area contributed by atoms with E-state index in [1.807, 2.05) is 0 Å². The lowest BCUT2D eigenvalue weighted by molar-refractivity contribution is -0.118. The lowest BCUT2D eigenvalue weighted by atomic mass is 10.6. The second-order valence-corrected chi connectivity index (χ2v) is 4.49. The molecule has 0 rings (SSSR count). The molecule has 0 atom stereocenters. The van der Waals surface area contributed by atoms with Gasteiger partial charge in [0.2, 0.25) is 15.9 Å². The third-order valence-corrected chi connectivity index (χ3v) is 2.89. The number of amides is 1. The predicted octanol–water partition coefficient (Wildman–Crippen LogP) is -0.719. The summed E-state index contributed by atoms with van der Waals surface area (Å²) in [4.78, 5) is 10.6. The average molecular weight is 229 g/mol. The van der Waals surface area contributed by atoms with E-state index in [1.165, 1.54) is 0 Å². The molecule has 0 bridgehead atoms. The summed E-state index contributed by atoms with van der Waals surface area (Å²) in [5.74, 6) is -0.640. The molecule has 78 valence electrons. The molecule has 13 heavy (non-hydrogen) atoms. The van der Waals surface area contributed by atoms with Gasteiger partial charge < -0.3 is 5.32 Å². The van der Waals surface area contributed by atoms with Crippen LogP contribution in [0.1, 0.15) is 6.92 Å². The van der Waals surface area contributed by atoms with Crippen LogP contribution in [0.25, 0.3) is 0 Å². The van der Waals surface area contributed by atoms with Gasteiger partial charge in [-0.3, -0.25) is 4.79 Å². The highest BCUT2D eigenvalue weighted by molar-refractivity contribution is 7.89. The van der Waals surface area contributed by atoms with E-state index < -0.39 is 10.0 Å². The molecule has 7 heteroatoms. The third kappa shape index (κ3) is 6.80. The fourth-order valence-electron chi connectivity index (χ4n) is 0.664. The molecule has 5 nitrogen and oxygen atoms in total. The topological polar surface area (TPSA) is 75.3 Å². The fourth-order valence-corrected chi connectivity index (χ4v) is 1.71. The van der Waals surface area contributed by atoms with Crippen molar-refractivity contribution in [1.82, 2.24) is 10.0 Å². The molecule has 0 saturated heterocycles. The Morgan fingerprint density at radius 2 is 2.08 bits per heavy atom. The second kappa shape index (κ2) is 6.17. The van der Waals surface area contributed by atoms with Crippen LogP contribution in [0, 0.1) is 0 Å². The van der Waals surface area contributed by atoms with E-state index in [0.29, 0.717) is 6.54 Å². The van der Waals surface area contributed by atoms with E-state index in [0.717, 1.165) is 0 Å². The SMILES string of the molecule is CCNS(=O)(=O)CCNC(=O)CCl. The van der Waals surface area contributed by atoms with Crippen molar-refractivity contribution >= 4 is 27.5 Å². The summed E-state index contributed by atoms with van der Waals surface area (Å²) in [6.07, 6.45) is 0. The van der Waals surface area contributed by atoms with E-state index in [9.17, 15) is 13.2 Å². The van der Waals surface area contributed by atoms with Crippen LogP contribution in [-0.2, 0) is 14.8 Å². The molecule has 0 heterocycles. The molecule has 0 fully saturated rings. The van der Waals surface area contributed by atoms with E-state index in [2.05, 4.69) is 10.0 Å². The first-order valence-corrected chi connectivity index (χ1v) is 6.00. The van der Waals surface area contributed by atoms with Crippen LogP contribution in [0.5, 0.6) is 0 Å². The minimum absolute atomic E-state index is 0.0842. The number of rotatable bonds is 6. The van der Waals surface area contributed by atoms with Gasteiger partial charge in [0, 0.05) is 13.1 Å². The van der Waals surface area contributed by atoms with E-state index in [-0.39, 0.29) is 24.1 Å². The van der Waals surface area contributed by atoms with Gasteiger partial charge in [-0.15, -0.1) is 11.6 Å².